The molecule has 24 heavy (non-hydrogen) atoms. The van der Waals surface area contributed by atoms with E-state index in [1.807, 2.05) is 37.3 Å². The Kier molecular flexibility index (Phi) is 7.60. The van der Waals surface area contributed by atoms with Crippen molar-refractivity contribution < 1.29 is 19.5 Å². The average molecular weight is 334 g/mol. The summed E-state index contributed by atoms with van der Waals surface area (Å²) in [6, 6.07) is 6.53. The van der Waals surface area contributed by atoms with E-state index >= 15 is 0 Å². The minimum absolute atomic E-state index is 0.305. The van der Waals surface area contributed by atoms with Crippen LogP contribution in [-0.4, -0.2) is 44.1 Å². The molecule has 4 nitrogen and oxygen atoms in total. The number of likely N-dealkylation sites (tertiary alicyclic amines) is 1. The van der Waals surface area contributed by atoms with Crippen molar-refractivity contribution >= 4 is 6.08 Å². The summed E-state index contributed by atoms with van der Waals surface area (Å²) in [6.45, 7) is 6.46. The molecule has 1 unspecified atom stereocenters. The highest BCUT2D eigenvalue weighted by molar-refractivity contribution is 5.55. The van der Waals surface area contributed by atoms with Crippen molar-refractivity contribution in [2.45, 2.75) is 51.7 Å². The van der Waals surface area contributed by atoms with Gasteiger partial charge in [-0.3, -0.25) is 0 Å². The van der Waals surface area contributed by atoms with E-state index in [9.17, 15) is 5.11 Å². The molecule has 3 atom stereocenters. The van der Waals surface area contributed by atoms with Crippen molar-refractivity contribution in [3.05, 3.63) is 29.8 Å². The molecule has 4 heteroatoms. The van der Waals surface area contributed by atoms with Crippen molar-refractivity contribution in [1.82, 2.24) is 0 Å². The van der Waals surface area contributed by atoms with Gasteiger partial charge < -0.3 is 19.5 Å². The Balaban J connectivity index is 1.90. The molecule has 0 aliphatic carbocycles. The van der Waals surface area contributed by atoms with Crippen LogP contribution in [0.2, 0.25) is 0 Å². The highest BCUT2D eigenvalue weighted by atomic mass is 16.5. The number of rotatable bonds is 8. The van der Waals surface area contributed by atoms with Crippen LogP contribution in [0, 0.1) is 0 Å². The van der Waals surface area contributed by atoms with Crippen LogP contribution in [0.4, 0.5) is 0 Å². The van der Waals surface area contributed by atoms with Gasteiger partial charge in [0.1, 0.15) is 19.3 Å². The molecule has 1 aromatic carbocycles. The van der Waals surface area contributed by atoms with E-state index in [1.54, 1.807) is 7.11 Å². The lowest BCUT2D eigenvalue weighted by atomic mass is 10.00. The third-order valence-corrected chi connectivity index (χ3v) is 4.85. The van der Waals surface area contributed by atoms with Crippen LogP contribution >= 0.6 is 0 Å². The van der Waals surface area contributed by atoms with Crippen LogP contribution in [-0.2, 0) is 0 Å². The molecule has 134 valence electrons. The van der Waals surface area contributed by atoms with Gasteiger partial charge in [0.15, 0.2) is 11.5 Å². The molecule has 0 amide bonds. The second-order valence-corrected chi connectivity index (χ2v) is 6.59. The zero-order chi connectivity index (χ0) is 17.4. The van der Waals surface area contributed by atoms with Crippen LogP contribution in [0.15, 0.2) is 24.3 Å². The lowest BCUT2D eigenvalue weighted by molar-refractivity contribution is -0.933. The summed E-state index contributed by atoms with van der Waals surface area (Å²) in [7, 11) is 1.64. The molecular weight excluding hydrogens is 302 g/mol. The summed E-state index contributed by atoms with van der Waals surface area (Å²) in [6.07, 6.45) is 8.61. The van der Waals surface area contributed by atoms with Crippen LogP contribution in [0.1, 0.15) is 45.1 Å². The van der Waals surface area contributed by atoms with Gasteiger partial charge in [-0.15, -0.1) is 0 Å². The molecule has 0 aromatic heterocycles. The zero-order valence-corrected chi connectivity index (χ0v) is 15.3. The largest absolute Gasteiger partial charge is 0.493 e. The van der Waals surface area contributed by atoms with E-state index in [2.05, 4.69) is 6.92 Å². The lowest BCUT2D eigenvalue weighted by Crippen LogP contribution is -3.17. The minimum Gasteiger partial charge on any atom is -0.493 e. The number of hydrogen-bond donors (Lipinski definition) is 2. The molecule has 0 spiro atoms. The van der Waals surface area contributed by atoms with Gasteiger partial charge in [-0.2, -0.15) is 0 Å². The van der Waals surface area contributed by atoms with Gasteiger partial charge in [0.05, 0.1) is 19.7 Å². The second kappa shape index (κ2) is 9.70. The van der Waals surface area contributed by atoms with Gasteiger partial charge >= 0.3 is 0 Å². The maximum Gasteiger partial charge on any atom is 0.161 e. The molecule has 2 rings (SSSR count). The second-order valence-electron chi connectivity index (χ2n) is 6.59. The average Bonchev–Trinajstić information content (AvgIpc) is 2.61. The number of allylic oxidation sites excluding steroid dienone is 1. The monoisotopic (exact) mass is 334 g/mol. The Labute approximate surface area is 146 Å². The summed E-state index contributed by atoms with van der Waals surface area (Å²) in [5.74, 6) is 1.39. The Morgan fingerprint density at radius 3 is 2.88 bits per heavy atom. The third-order valence-electron chi connectivity index (χ3n) is 4.85. The Morgan fingerprint density at radius 2 is 2.17 bits per heavy atom. The Morgan fingerprint density at radius 1 is 1.33 bits per heavy atom. The smallest absolute Gasteiger partial charge is 0.161 e. The molecule has 0 radical (unpaired) electrons. The van der Waals surface area contributed by atoms with E-state index in [1.165, 1.54) is 30.6 Å². The molecule has 1 aliphatic rings. The van der Waals surface area contributed by atoms with Crippen molar-refractivity contribution in [3.8, 4) is 11.5 Å². The number of quaternary nitrogens is 1. The molecule has 1 aromatic rings. The summed E-state index contributed by atoms with van der Waals surface area (Å²) in [4.78, 5) is 1.52. The van der Waals surface area contributed by atoms with Gasteiger partial charge in [0.2, 0.25) is 0 Å². The number of hydrogen-bond acceptors (Lipinski definition) is 3. The quantitative estimate of drug-likeness (QED) is 0.767. The summed E-state index contributed by atoms with van der Waals surface area (Å²) in [5.41, 5.74) is 1.07. The van der Waals surface area contributed by atoms with Crippen LogP contribution in [0.3, 0.4) is 0 Å². The van der Waals surface area contributed by atoms with Crippen LogP contribution < -0.4 is 14.4 Å². The van der Waals surface area contributed by atoms with Crippen molar-refractivity contribution in [3.63, 3.8) is 0 Å². The van der Waals surface area contributed by atoms with E-state index in [0.29, 0.717) is 24.1 Å². The normalized spacial score (nSPS) is 22.5. The first-order chi connectivity index (χ1) is 11.7. The Bertz CT molecular complexity index is 530. The summed E-state index contributed by atoms with van der Waals surface area (Å²) < 4.78 is 11.2. The lowest BCUT2D eigenvalue weighted by Gasteiger charge is -2.33. The summed E-state index contributed by atoms with van der Waals surface area (Å²) in [5, 5.41) is 10.4. The maximum absolute atomic E-state index is 10.4. The molecule has 0 bridgehead atoms. The number of benzene rings is 1. The molecule has 1 aliphatic heterocycles. The maximum atomic E-state index is 10.4. The fourth-order valence-corrected chi connectivity index (χ4v) is 3.56. The first kappa shape index (κ1) is 18.8. The number of piperidine rings is 1. The van der Waals surface area contributed by atoms with Gasteiger partial charge in [-0.1, -0.05) is 25.1 Å². The fraction of sp³-hybridized carbons (Fsp3) is 0.600. The van der Waals surface area contributed by atoms with Crippen LogP contribution in [0.25, 0.3) is 6.08 Å². The predicted molar refractivity (Wildman–Crippen MR) is 97.8 cm³/mol. The first-order valence-corrected chi connectivity index (χ1v) is 9.14. The van der Waals surface area contributed by atoms with Crippen molar-refractivity contribution in [1.29, 1.82) is 0 Å². The van der Waals surface area contributed by atoms with E-state index < -0.39 is 6.10 Å². The first-order valence-electron chi connectivity index (χ1n) is 9.14. The number of aliphatic hydroxyl groups excluding tert-OH is 1. The van der Waals surface area contributed by atoms with Crippen molar-refractivity contribution in [2.75, 3.05) is 26.8 Å². The number of nitrogens with one attached hydrogen (secondary N) is 1. The van der Waals surface area contributed by atoms with Crippen LogP contribution in [0.5, 0.6) is 11.5 Å². The molecule has 0 saturated carbocycles. The highest BCUT2D eigenvalue weighted by Crippen LogP contribution is 2.28. The SMILES string of the molecule is C/C=C/c1ccc(OC[C@@H](O)C[NH+]2CCCC[C@@H]2CC)c(OC)c1. The predicted octanol–water partition coefficient (Wildman–Crippen LogP) is 2.32. The molecule has 1 saturated heterocycles. The standard InChI is InChI=1S/C20H31NO3/c1-4-8-16-10-11-19(20(13-16)23-3)24-15-18(22)14-21-12-7-6-9-17(21)5-2/h4,8,10-11,13,17-18,22H,5-7,9,12,14-15H2,1-3H3/p+1/b8-4+/t17-,18-/m0/s1. The number of methoxy groups -OCH3 is 1. The van der Waals surface area contributed by atoms with Gasteiger partial charge in [0, 0.05) is 0 Å². The summed E-state index contributed by atoms with van der Waals surface area (Å²) >= 11 is 0. The van der Waals surface area contributed by atoms with Crippen molar-refractivity contribution in [2.24, 2.45) is 0 Å². The molecule has 1 fully saturated rings. The van der Waals surface area contributed by atoms with E-state index in [-0.39, 0.29) is 0 Å². The number of aliphatic hydroxyl groups is 1. The zero-order valence-electron chi connectivity index (χ0n) is 15.3. The third kappa shape index (κ3) is 5.25. The topological polar surface area (TPSA) is 43.1 Å². The molecular formula is C20H32NO3+. The minimum atomic E-state index is -0.452. The fourth-order valence-electron chi connectivity index (χ4n) is 3.56. The molecule has 2 N–H and O–H groups in total. The molecule has 1 heterocycles. The van der Waals surface area contributed by atoms with Gasteiger partial charge in [-0.25, -0.2) is 0 Å². The van der Waals surface area contributed by atoms with E-state index in [4.69, 9.17) is 9.47 Å². The van der Waals surface area contributed by atoms with Gasteiger partial charge in [0.25, 0.3) is 0 Å². The van der Waals surface area contributed by atoms with Gasteiger partial charge in [-0.05, 0) is 50.3 Å². The highest BCUT2D eigenvalue weighted by Gasteiger charge is 2.26. The Hall–Kier alpha value is -1.52. The van der Waals surface area contributed by atoms with E-state index in [0.717, 1.165) is 18.7 Å². The number of ether oxygens (including phenoxy) is 2.